The minimum Gasteiger partial charge on any atom is -0.471 e. The number of rotatable bonds is 4. The zero-order valence-electron chi connectivity index (χ0n) is 8.16. The molecule has 0 unspecified atom stereocenters. The molecule has 0 radical (unpaired) electrons. The summed E-state index contributed by atoms with van der Waals surface area (Å²) < 4.78 is 5.26. The van der Waals surface area contributed by atoms with E-state index in [1.54, 1.807) is 12.1 Å². The number of nitrogens with one attached hydrogen (secondary N) is 1. The molecule has 0 aliphatic rings. The number of hydrogen-bond acceptors (Lipinski definition) is 5. The van der Waals surface area contributed by atoms with E-state index in [0.29, 0.717) is 12.5 Å². The molecule has 7 heteroatoms. The Labute approximate surface area is 90.2 Å². The van der Waals surface area contributed by atoms with E-state index in [4.69, 9.17) is 4.74 Å². The van der Waals surface area contributed by atoms with Crippen LogP contribution in [0.1, 0.15) is 5.56 Å². The van der Waals surface area contributed by atoms with Crippen LogP contribution in [0.25, 0.3) is 0 Å². The van der Waals surface area contributed by atoms with Crippen molar-refractivity contribution in [1.82, 2.24) is 15.4 Å². The van der Waals surface area contributed by atoms with Crippen LogP contribution in [0, 0.1) is 10.1 Å². The Morgan fingerprint density at radius 2 is 2.12 bits per heavy atom. The van der Waals surface area contributed by atoms with Crippen LogP contribution < -0.4 is 4.74 Å². The number of hydrogen-bond donors (Lipinski definition) is 1. The lowest BCUT2D eigenvalue weighted by molar-refractivity contribution is -0.384. The van der Waals surface area contributed by atoms with E-state index in [2.05, 4.69) is 15.4 Å². The summed E-state index contributed by atoms with van der Waals surface area (Å²) in [6.07, 6.45) is 1.45. The number of aromatic nitrogens is 3. The van der Waals surface area contributed by atoms with Crippen molar-refractivity contribution in [1.29, 1.82) is 0 Å². The van der Waals surface area contributed by atoms with E-state index < -0.39 is 4.92 Å². The van der Waals surface area contributed by atoms with Crippen molar-refractivity contribution in [3.63, 3.8) is 0 Å². The van der Waals surface area contributed by atoms with Gasteiger partial charge in [0.05, 0.1) is 4.92 Å². The smallest absolute Gasteiger partial charge is 0.269 e. The van der Waals surface area contributed by atoms with Gasteiger partial charge in [-0.2, -0.15) is 10.3 Å². The molecule has 0 saturated carbocycles. The molecule has 0 aliphatic carbocycles. The van der Waals surface area contributed by atoms with Crippen molar-refractivity contribution in [3.05, 3.63) is 46.1 Å². The van der Waals surface area contributed by atoms with Crippen molar-refractivity contribution in [3.8, 4) is 5.88 Å². The molecule has 7 nitrogen and oxygen atoms in total. The van der Waals surface area contributed by atoms with Crippen LogP contribution in [-0.4, -0.2) is 20.3 Å². The van der Waals surface area contributed by atoms with Crippen LogP contribution in [0.5, 0.6) is 5.88 Å². The van der Waals surface area contributed by atoms with Crippen LogP contribution in [-0.2, 0) is 6.61 Å². The summed E-state index contributed by atoms with van der Waals surface area (Å²) in [7, 11) is 0. The SMILES string of the molecule is O=[N+]([O-])c1ccc(COc2cn[nH]n2)cc1. The number of benzene rings is 1. The van der Waals surface area contributed by atoms with Crippen molar-refractivity contribution in [2.24, 2.45) is 0 Å². The molecule has 2 aromatic rings. The molecule has 0 saturated heterocycles. The van der Waals surface area contributed by atoms with Gasteiger partial charge in [0.2, 0.25) is 0 Å². The van der Waals surface area contributed by atoms with Crippen molar-refractivity contribution >= 4 is 5.69 Å². The number of nitro benzene ring substituents is 1. The molecule has 1 N–H and O–H groups in total. The maximum Gasteiger partial charge on any atom is 0.269 e. The standard InChI is InChI=1S/C9H8N4O3/c14-13(15)8-3-1-7(2-4-8)6-16-9-5-10-12-11-9/h1-5H,6H2,(H,10,11,12). The number of nitro groups is 1. The predicted octanol–water partition coefficient (Wildman–Crippen LogP) is 1.29. The number of non-ortho nitro benzene ring substituents is 1. The fraction of sp³-hybridized carbons (Fsp3) is 0.111. The lowest BCUT2D eigenvalue weighted by Crippen LogP contribution is -1.96. The van der Waals surface area contributed by atoms with Crippen LogP contribution in [0.4, 0.5) is 5.69 Å². The first-order valence-corrected chi connectivity index (χ1v) is 4.47. The summed E-state index contributed by atoms with van der Waals surface area (Å²) in [5.41, 5.74) is 0.888. The second-order valence-electron chi connectivity index (χ2n) is 3.02. The lowest BCUT2D eigenvalue weighted by atomic mass is 10.2. The van der Waals surface area contributed by atoms with Crippen LogP contribution in [0.3, 0.4) is 0 Å². The maximum absolute atomic E-state index is 10.4. The second-order valence-corrected chi connectivity index (χ2v) is 3.02. The summed E-state index contributed by atoms with van der Waals surface area (Å²) in [5, 5.41) is 20.1. The highest BCUT2D eigenvalue weighted by molar-refractivity contribution is 5.32. The first-order valence-electron chi connectivity index (χ1n) is 4.47. The number of aromatic amines is 1. The molecule has 1 aromatic heterocycles. The highest BCUT2D eigenvalue weighted by Crippen LogP contribution is 2.13. The Bertz CT molecular complexity index is 466. The zero-order chi connectivity index (χ0) is 11.4. The van der Waals surface area contributed by atoms with E-state index >= 15 is 0 Å². The highest BCUT2D eigenvalue weighted by Gasteiger charge is 2.04. The fourth-order valence-corrected chi connectivity index (χ4v) is 1.13. The number of ether oxygens (including phenoxy) is 1. The molecule has 0 spiro atoms. The van der Waals surface area contributed by atoms with E-state index in [1.807, 2.05) is 0 Å². The minimum atomic E-state index is -0.442. The number of H-pyrrole nitrogens is 1. The van der Waals surface area contributed by atoms with Crippen LogP contribution >= 0.6 is 0 Å². The van der Waals surface area contributed by atoms with Gasteiger partial charge < -0.3 is 4.74 Å². The van der Waals surface area contributed by atoms with Gasteiger partial charge in [-0.1, -0.05) is 0 Å². The van der Waals surface area contributed by atoms with Gasteiger partial charge in [-0.3, -0.25) is 10.1 Å². The molecular formula is C9H8N4O3. The normalized spacial score (nSPS) is 10.0. The Morgan fingerprint density at radius 1 is 1.38 bits per heavy atom. The van der Waals surface area contributed by atoms with Gasteiger partial charge in [-0.15, -0.1) is 5.10 Å². The van der Waals surface area contributed by atoms with Gasteiger partial charge >= 0.3 is 0 Å². The van der Waals surface area contributed by atoms with Gasteiger partial charge in [-0.25, -0.2) is 0 Å². The van der Waals surface area contributed by atoms with Gasteiger partial charge in [0.25, 0.3) is 11.6 Å². The first-order chi connectivity index (χ1) is 7.75. The average molecular weight is 220 g/mol. The van der Waals surface area contributed by atoms with Crippen molar-refractivity contribution in [2.45, 2.75) is 6.61 Å². The summed E-state index contributed by atoms with van der Waals surface area (Å²) >= 11 is 0. The van der Waals surface area contributed by atoms with E-state index in [1.165, 1.54) is 18.3 Å². The monoisotopic (exact) mass is 220 g/mol. The van der Waals surface area contributed by atoms with Crippen molar-refractivity contribution < 1.29 is 9.66 Å². The molecule has 1 aromatic carbocycles. The third-order valence-electron chi connectivity index (χ3n) is 1.93. The summed E-state index contributed by atoms with van der Waals surface area (Å²) in [6, 6.07) is 6.14. The molecular weight excluding hydrogens is 212 g/mol. The van der Waals surface area contributed by atoms with Crippen LogP contribution in [0.15, 0.2) is 30.5 Å². The Morgan fingerprint density at radius 3 is 2.69 bits per heavy atom. The summed E-state index contributed by atoms with van der Waals surface area (Å²) in [4.78, 5) is 9.97. The molecule has 0 fully saturated rings. The molecule has 0 amide bonds. The highest BCUT2D eigenvalue weighted by atomic mass is 16.6. The Balaban J connectivity index is 1.98. The molecule has 0 atom stereocenters. The third kappa shape index (κ3) is 2.32. The van der Waals surface area contributed by atoms with Gasteiger partial charge in [0, 0.05) is 12.1 Å². The predicted molar refractivity (Wildman–Crippen MR) is 53.8 cm³/mol. The fourth-order valence-electron chi connectivity index (χ4n) is 1.13. The summed E-state index contributed by atoms with van der Waals surface area (Å²) in [6.45, 7) is 0.296. The van der Waals surface area contributed by atoms with Gasteiger partial charge in [0.1, 0.15) is 12.8 Å². The second kappa shape index (κ2) is 4.39. The molecule has 82 valence electrons. The zero-order valence-corrected chi connectivity index (χ0v) is 8.16. The van der Waals surface area contributed by atoms with Gasteiger partial charge in [0.15, 0.2) is 0 Å². The Hall–Kier alpha value is -2.44. The van der Waals surface area contributed by atoms with E-state index in [-0.39, 0.29) is 5.69 Å². The maximum atomic E-state index is 10.4. The topological polar surface area (TPSA) is 93.9 Å². The molecule has 0 bridgehead atoms. The average Bonchev–Trinajstić information content (AvgIpc) is 2.80. The van der Waals surface area contributed by atoms with E-state index in [0.717, 1.165) is 5.56 Å². The molecule has 2 rings (SSSR count). The lowest BCUT2D eigenvalue weighted by Gasteiger charge is -2.01. The molecule has 1 heterocycles. The Kier molecular flexibility index (Phi) is 2.77. The van der Waals surface area contributed by atoms with Gasteiger partial charge in [-0.05, 0) is 17.7 Å². The summed E-state index contributed by atoms with van der Waals surface area (Å²) in [5.74, 6) is 0.387. The largest absolute Gasteiger partial charge is 0.471 e. The van der Waals surface area contributed by atoms with Crippen molar-refractivity contribution in [2.75, 3.05) is 0 Å². The first kappa shape index (κ1) is 10.1. The minimum absolute atomic E-state index is 0.0604. The van der Waals surface area contributed by atoms with Crippen LogP contribution in [0.2, 0.25) is 0 Å². The molecule has 0 aliphatic heterocycles. The number of nitrogens with zero attached hydrogens (tertiary/aromatic N) is 3. The quantitative estimate of drug-likeness (QED) is 0.618. The third-order valence-corrected chi connectivity index (χ3v) is 1.93. The van der Waals surface area contributed by atoms with E-state index in [9.17, 15) is 10.1 Å². The molecule has 16 heavy (non-hydrogen) atoms.